The van der Waals surface area contributed by atoms with Crippen molar-refractivity contribution in [3.63, 3.8) is 0 Å². The summed E-state index contributed by atoms with van der Waals surface area (Å²) in [4.78, 5) is 7.02. The van der Waals surface area contributed by atoms with Gasteiger partial charge in [0.15, 0.2) is 0 Å². The van der Waals surface area contributed by atoms with Crippen LogP contribution in [0.1, 0.15) is 65.2 Å². The summed E-state index contributed by atoms with van der Waals surface area (Å²) in [5, 5.41) is 4.33. The molecule has 0 aliphatic carbocycles. The van der Waals surface area contributed by atoms with E-state index >= 15 is 0 Å². The van der Waals surface area contributed by atoms with Gasteiger partial charge in [0.25, 0.3) is 0 Å². The Morgan fingerprint density at radius 1 is 1.29 bits per heavy atom. The molecule has 21 heavy (non-hydrogen) atoms. The van der Waals surface area contributed by atoms with E-state index in [-0.39, 0.29) is 11.6 Å². The Bertz CT molecular complexity index is 436. The summed E-state index contributed by atoms with van der Waals surface area (Å²) in [6, 6.07) is 0.417. The maximum absolute atomic E-state index is 6.63. The van der Waals surface area contributed by atoms with E-state index in [0.29, 0.717) is 6.04 Å². The Kier molecular flexibility index (Phi) is 5.38. The first kappa shape index (κ1) is 16.4. The Morgan fingerprint density at radius 2 is 1.95 bits per heavy atom. The molecular weight excluding hydrogens is 262 g/mol. The molecule has 1 aliphatic rings. The third-order valence-electron chi connectivity index (χ3n) is 5.13. The van der Waals surface area contributed by atoms with Crippen molar-refractivity contribution in [2.75, 3.05) is 13.1 Å². The zero-order valence-corrected chi connectivity index (χ0v) is 14.0. The summed E-state index contributed by atoms with van der Waals surface area (Å²) in [6.45, 7) is 11.2. The fourth-order valence-electron chi connectivity index (χ4n) is 3.39. The molecule has 0 aromatic carbocycles. The van der Waals surface area contributed by atoms with Crippen LogP contribution in [-0.2, 0) is 6.42 Å². The molecule has 2 atom stereocenters. The molecule has 2 rings (SSSR count). The highest BCUT2D eigenvalue weighted by Gasteiger charge is 2.37. The summed E-state index contributed by atoms with van der Waals surface area (Å²) in [7, 11) is 0. The highest BCUT2D eigenvalue weighted by molar-refractivity contribution is 5.01. The van der Waals surface area contributed by atoms with Crippen LogP contribution < -0.4 is 5.73 Å². The van der Waals surface area contributed by atoms with Crippen LogP contribution in [0.4, 0.5) is 0 Å². The number of hydrogen-bond acceptors (Lipinski definition) is 4. The van der Waals surface area contributed by atoms with Gasteiger partial charge in [0.05, 0.1) is 0 Å². The molecule has 5 nitrogen and oxygen atoms in total. The lowest BCUT2D eigenvalue weighted by Crippen LogP contribution is -2.60. The van der Waals surface area contributed by atoms with E-state index in [4.69, 9.17) is 5.73 Å². The van der Waals surface area contributed by atoms with Crippen molar-refractivity contribution >= 4 is 0 Å². The molecule has 2 heterocycles. The summed E-state index contributed by atoms with van der Waals surface area (Å²) < 4.78 is 1.99. The highest BCUT2D eigenvalue weighted by atomic mass is 15.3. The van der Waals surface area contributed by atoms with Gasteiger partial charge < -0.3 is 5.73 Å². The van der Waals surface area contributed by atoms with Crippen LogP contribution in [0.15, 0.2) is 6.33 Å². The minimum atomic E-state index is 0.0498. The van der Waals surface area contributed by atoms with Crippen LogP contribution in [-0.4, -0.2) is 44.3 Å². The van der Waals surface area contributed by atoms with E-state index in [9.17, 15) is 0 Å². The van der Waals surface area contributed by atoms with Crippen LogP contribution in [0.5, 0.6) is 0 Å². The van der Waals surface area contributed by atoms with Crippen LogP contribution in [0.3, 0.4) is 0 Å². The first-order valence-electron chi connectivity index (χ1n) is 8.38. The predicted octanol–water partition coefficient (Wildman–Crippen LogP) is 2.38. The summed E-state index contributed by atoms with van der Waals surface area (Å²) in [5.74, 6) is 1.01. The summed E-state index contributed by atoms with van der Waals surface area (Å²) in [5.41, 5.74) is 6.68. The van der Waals surface area contributed by atoms with Crippen molar-refractivity contribution in [1.29, 1.82) is 0 Å². The topological polar surface area (TPSA) is 60.0 Å². The molecule has 1 saturated heterocycles. The Balaban J connectivity index is 2.12. The fourth-order valence-corrected chi connectivity index (χ4v) is 3.39. The van der Waals surface area contributed by atoms with Crippen molar-refractivity contribution < 1.29 is 0 Å². The van der Waals surface area contributed by atoms with Crippen LogP contribution in [0.25, 0.3) is 0 Å². The van der Waals surface area contributed by atoms with E-state index in [1.54, 1.807) is 6.33 Å². The Morgan fingerprint density at radius 3 is 2.52 bits per heavy atom. The number of nitrogens with two attached hydrogens (primary N) is 1. The molecule has 0 saturated carbocycles. The van der Waals surface area contributed by atoms with Gasteiger partial charge in [-0.1, -0.05) is 13.3 Å². The molecule has 0 spiro atoms. The minimum absolute atomic E-state index is 0.0498. The normalized spacial score (nSPS) is 21.4. The van der Waals surface area contributed by atoms with Gasteiger partial charge in [-0.25, -0.2) is 9.67 Å². The third kappa shape index (κ3) is 3.46. The standard InChI is InChI=1S/C16H31N5/c1-5-16(4,20-9-7-6-8-10-20)14(17)11-15-18-12-19-21(15)13(2)3/h12-14H,5-11,17H2,1-4H3. The molecule has 1 aliphatic heterocycles. The smallest absolute Gasteiger partial charge is 0.138 e. The van der Waals surface area contributed by atoms with Crippen molar-refractivity contribution in [2.45, 2.75) is 77.4 Å². The average Bonchev–Trinajstić information content (AvgIpc) is 2.95. The molecule has 120 valence electrons. The van der Waals surface area contributed by atoms with E-state index < -0.39 is 0 Å². The molecule has 0 radical (unpaired) electrons. The zero-order chi connectivity index (χ0) is 15.5. The number of aromatic nitrogens is 3. The maximum Gasteiger partial charge on any atom is 0.138 e. The molecule has 2 unspecified atom stereocenters. The number of hydrogen-bond donors (Lipinski definition) is 1. The van der Waals surface area contributed by atoms with E-state index in [1.165, 1.54) is 32.4 Å². The van der Waals surface area contributed by atoms with Crippen molar-refractivity contribution in [3.05, 3.63) is 12.2 Å². The predicted molar refractivity (Wildman–Crippen MR) is 86.2 cm³/mol. The van der Waals surface area contributed by atoms with Crippen molar-refractivity contribution in [1.82, 2.24) is 19.7 Å². The average molecular weight is 293 g/mol. The second kappa shape index (κ2) is 6.88. The third-order valence-corrected chi connectivity index (χ3v) is 5.13. The summed E-state index contributed by atoms with van der Waals surface area (Å²) in [6.07, 6.45) is 7.46. The maximum atomic E-state index is 6.63. The van der Waals surface area contributed by atoms with Gasteiger partial charge in [0.2, 0.25) is 0 Å². The van der Waals surface area contributed by atoms with E-state index in [2.05, 4.69) is 42.7 Å². The van der Waals surface area contributed by atoms with Gasteiger partial charge in [-0.05, 0) is 53.1 Å². The quantitative estimate of drug-likeness (QED) is 0.875. The van der Waals surface area contributed by atoms with Gasteiger partial charge in [-0.3, -0.25) is 4.90 Å². The molecule has 1 fully saturated rings. The monoisotopic (exact) mass is 293 g/mol. The van der Waals surface area contributed by atoms with Crippen molar-refractivity contribution in [3.8, 4) is 0 Å². The molecule has 0 bridgehead atoms. The fraction of sp³-hybridized carbons (Fsp3) is 0.875. The first-order chi connectivity index (χ1) is 9.99. The van der Waals surface area contributed by atoms with Gasteiger partial charge in [0, 0.05) is 24.0 Å². The van der Waals surface area contributed by atoms with Gasteiger partial charge in [0.1, 0.15) is 12.2 Å². The molecule has 1 aromatic rings. The molecule has 2 N–H and O–H groups in total. The lowest BCUT2D eigenvalue weighted by molar-refractivity contribution is 0.0537. The second-order valence-electron chi connectivity index (χ2n) is 6.78. The lowest BCUT2D eigenvalue weighted by atomic mass is 9.84. The van der Waals surface area contributed by atoms with Crippen LogP contribution in [0.2, 0.25) is 0 Å². The molecule has 5 heteroatoms. The van der Waals surface area contributed by atoms with E-state index in [1.807, 2.05) is 4.68 Å². The number of piperidine rings is 1. The number of nitrogens with zero attached hydrogens (tertiary/aromatic N) is 4. The summed E-state index contributed by atoms with van der Waals surface area (Å²) >= 11 is 0. The largest absolute Gasteiger partial charge is 0.326 e. The van der Waals surface area contributed by atoms with Gasteiger partial charge >= 0.3 is 0 Å². The highest BCUT2D eigenvalue weighted by Crippen LogP contribution is 2.28. The first-order valence-corrected chi connectivity index (χ1v) is 8.38. The van der Waals surface area contributed by atoms with Crippen LogP contribution in [0, 0.1) is 0 Å². The zero-order valence-electron chi connectivity index (χ0n) is 14.0. The van der Waals surface area contributed by atoms with Gasteiger partial charge in [-0.15, -0.1) is 0 Å². The van der Waals surface area contributed by atoms with Crippen molar-refractivity contribution in [2.24, 2.45) is 5.73 Å². The van der Waals surface area contributed by atoms with Gasteiger partial charge in [-0.2, -0.15) is 5.10 Å². The molecule has 0 amide bonds. The minimum Gasteiger partial charge on any atom is -0.326 e. The van der Waals surface area contributed by atoms with E-state index in [0.717, 1.165) is 18.7 Å². The Hall–Kier alpha value is -0.940. The Labute approximate surface area is 128 Å². The second-order valence-corrected chi connectivity index (χ2v) is 6.78. The number of rotatable bonds is 6. The van der Waals surface area contributed by atoms with Crippen LogP contribution >= 0.6 is 0 Å². The number of likely N-dealkylation sites (tertiary alicyclic amines) is 1. The molecule has 1 aromatic heterocycles. The molecular formula is C16H31N5. The SMILES string of the molecule is CCC(C)(C(N)Cc1ncnn1C(C)C)N1CCCCC1. The lowest BCUT2D eigenvalue weighted by Gasteiger charge is -2.46.